The third-order valence-electron chi connectivity index (χ3n) is 1.23. The Morgan fingerprint density at radius 2 is 2.00 bits per heavy atom. The second kappa shape index (κ2) is 3.34. The Morgan fingerprint density at radius 3 is 2.42 bits per heavy atom. The highest BCUT2D eigenvalue weighted by atomic mass is 127. The average Bonchev–Trinajstić information content (AvgIpc) is 1.99. The third-order valence-corrected chi connectivity index (χ3v) is 2.02. The van der Waals surface area contributed by atoms with E-state index >= 15 is 0 Å². The van der Waals surface area contributed by atoms with Crippen LogP contribution in [0.25, 0.3) is 0 Å². The van der Waals surface area contributed by atoms with Crippen LogP contribution in [0.15, 0.2) is 12.1 Å². The Balaban J connectivity index is 3.31. The first-order chi connectivity index (χ1) is 5.52. The number of halogens is 3. The zero-order valence-electron chi connectivity index (χ0n) is 5.64. The minimum Gasteiger partial charge on any atom is -0.478 e. The predicted molar refractivity (Wildman–Crippen MR) is 46.0 cm³/mol. The minimum absolute atomic E-state index is 0.0370. The van der Waals surface area contributed by atoms with Gasteiger partial charge in [0.05, 0.1) is 9.13 Å². The number of rotatable bonds is 1. The molecule has 0 saturated carbocycles. The first kappa shape index (κ1) is 9.37. The number of hydrogen-bond donors (Lipinski definition) is 1. The summed E-state index contributed by atoms with van der Waals surface area (Å²) in [6.07, 6.45) is 0. The van der Waals surface area contributed by atoms with Gasteiger partial charge in [0, 0.05) is 0 Å². The zero-order chi connectivity index (χ0) is 9.30. The van der Waals surface area contributed by atoms with Gasteiger partial charge in [0.1, 0.15) is 0 Å². The van der Waals surface area contributed by atoms with Crippen LogP contribution in [0.4, 0.5) is 8.78 Å². The topological polar surface area (TPSA) is 37.3 Å². The molecule has 0 saturated heterocycles. The van der Waals surface area contributed by atoms with Gasteiger partial charge in [-0.05, 0) is 34.7 Å². The molecular weight excluding hydrogens is 281 g/mol. The summed E-state index contributed by atoms with van der Waals surface area (Å²) in [5.41, 5.74) is -0.252. The average molecular weight is 284 g/mol. The molecule has 0 amide bonds. The Bertz CT molecular complexity index is 315. The van der Waals surface area contributed by atoms with Crippen LogP contribution in [0.1, 0.15) is 10.4 Å². The summed E-state index contributed by atoms with van der Waals surface area (Å²) in [7, 11) is 0. The standard InChI is InChI=1S/C7H3F2IO2/c8-4-1-3(7(11)12)2-5(10)6(4)9/h1-2H,(H,11,12). The van der Waals surface area contributed by atoms with Crippen molar-refractivity contribution in [2.75, 3.05) is 0 Å². The smallest absolute Gasteiger partial charge is 0.335 e. The molecule has 0 unspecified atom stereocenters. The molecule has 0 fully saturated rings. The van der Waals surface area contributed by atoms with E-state index in [1.807, 2.05) is 0 Å². The maximum Gasteiger partial charge on any atom is 0.335 e. The van der Waals surface area contributed by atoms with Gasteiger partial charge in [-0.3, -0.25) is 0 Å². The van der Waals surface area contributed by atoms with E-state index in [1.165, 1.54) is 22.6 Å². The van der Waals surface area contributed by atoms with E-state index in [-0.39, 0.29) is 9.13 Å². The number of carboxylic acids is 1. The summed E-state index contributed by atoms with van der Waals surface area (Å²) in [5, 5.41) is 8.43. The molecule has 0 bridgehead atoms. The minimum atomic E-state index is -1.27. The quantitative estimate of drug-likeness (QED) is 0.634. The molecule has 5 heteroatoms. The van der Waals surface area contributed by atoms with Gasteiger partial charge in [0.15, 0.2) is 11.6 Å². The molecule has 0 spiro atoms. The maximum absolute atomic E-state index is 12.6. The Kier molecular flexibility index (Phi) is 2.61. The molecule has 0 aliphatic carbocycles. The number of benzene rings is 1. The monoisotopic (exact) mass is 284 g/mol. The first-order valence-corrected chi connectivity index (χ1v) is 3.98. The third kappa shape index (κ3) is 1.71. The highest BCUT2D eigenvalue weighted by molar-refractivity contribution is 14.1. The molecule has 2 nitrogen and oxygen atoms in total. The second-order valence-corrected chi connectivity index (χ2v) is 3.22. The number of hydrogen-bond acceptors (Lipinski definition) is 1. The Morgan fingerprint density at radius 1 is 1.42 bits per heavy atom. The fraction of sp³-hybridized carbons (Fsp3) is 0. The summed E-state index contributed by atoms with van der Waals surface area (Å²) in [6, 6.07) is 1.72. The van der Waals surface area contributed by atoms with Crippen LogP contribution >= 0.6 is 22.6 Å². The van der Waals surface area contributed by atoms with Crippen molar-refractivity contribution in [2.24, 2.45) is 0 Å². The summed E-state index contributed by atoms with van der Waals surface area (Å²) in [4.78, 5) is 10.3. The van der Waals surface area contributed by atoms with Crippen molar-refractivity contribution in [3.63, 3.8) is 0 Å². The lowest BCUT2D eigenvalue weighted by Gasteiger charge is -1.98. The van der Waals surface area contributed by atoms with Crippen molar-refractivity contribution in [3.05, 3.63) is 32.9 Å². The van der Waals surface area contributed by atoms with Crippen LogP contribution in [0.3, 0.4) is 0 Å². The fourth-order valence-electron chi connectivity index (χ4n) is 0.679. The lowest BCUT2D eigenvalue weighted by molar-refractivity contribution is 0.0696. The molecule has 1 rings (SSSR count). The molecular formula is C7H3F2IO2. The Hall–Kier alpha value is -0.720. The van der Waals surface area contributed by atoms with Gasteiger partial charge in [-0.1, -0.05) is 0 Å². The molecule has 1 N–H and O–H groups in total. The largest absolute Gasteiger partial charge is 0.478 e. The van der Waals surface area contributed by atoms with Crippen LogP contribution < -0.4 is 0 Å². The van der Waals surface area contributed by atoms with E-state index in [1.54, 1.807) is 0 Å². The van der Waals surface area contributed by atoms with E-state index in [0.717, 1.165) is 6.07 Å². The van der Waals surface area contributed by atoms with Crippen LogP contribution in [-0.2, 0) is 0 Å². The van der Waals surface area contributed by atoms with Crippen LogP contribution in [0, 0.1) is 15.2 Å². The van der Waals surface area contributed by atoms with E-state index in [2.05, 4.69) is 0 Å². The van der Waals surface area contributed by atoms with Gasteiger partial charge in [-0.15, -0.1) is 0 Å². The highest BCUT2D eigenvalue weighted by Crippen LogP contribution is 2.16. The lowest BCUT2D eigenvalue weighted by atomic mass is 10.2. The van der Waals surface area contributed by atoms with Crippen LogP contribution in [0.5, 0.6) is 0 Å². The normalized spacial score (nSPS) is 9.92. The number of carboxylic acid groups (broad SMARTS) is 1. The first-order valence-electron chi connectivity index (χ1n) is 2.90. The molecule has 0 aliphatic heterocycles. The maximum atomic E-state index is 12.6. The van der Waals surface area contributed by atoms with Crippen LogP contribution in [0.2, 0.25) is 0 Å². The summed E-state index contributed by atoms with van der Waals surface area (Å²) >= 11 is 1.53. The molecule has 0 aliphatic rings. The molecule has 12 heavy (non-hydrogen) atoms. The predicted octanol–water partition coefficient (Wildman–Crippen LogP) is 2.27. The number of aromatic carboxylic acids is 1. The number of carbonyl (C=O) groups is 1. The molecule has 1 aromatic carbocycles. The van der Waals surface area contributed by atoms with E-state index in [0.29, 0.717) is 6.07 Å². The molecule has 64 valence electrons. The summed E-state index contributed by atoms with van der Waals surface area (Å²) < 4.78 is 25.1. The van der Waals surface area contributed by atoms with Crippen molar-refractivity contribution in [1.82, 2.24) is 0 Å². The van der Waals surface area contributed by atoms with Crippen molar-refractivity contribution in [3.8, 4) is 0 Å². The van der Waals surface area contributed by atoms with Gasteiger partial charge < -0.3 is 5.11 Å². The highest BCUT2D eigenvalue weighted by Gasteiger charge is 2.11. The van der Waals surface area contributed by atoms with Gasteiger partial charge in [-0.25, -0.2) is 13.6 Å². The molecule has 0 aromatic heterocycles. The van der Waals surface area contributed by atoms with Gasteiger partial charge in [0.25, 0.3) is 0 Å². The SMILES string of the molecule is O=C(O)c1cc(F)c(F)c(I)c1. The Labute approximate surface area is 80.3 Å². The van der Waals surface area contributed by atoms with Crippen molar-refractivity contribution in [2.45, 2.75) is 0 Å². The molecule has 0 heterocycles. The van der Waals surface area contributed by atoms with E-state index < -0.39 is 17.6 Å². The molecule has 0 atom stereocenters. The molecule has 1 aromatic rings. The lowest BCUT2D eigenvalue weighted by Crippen LogP contribution is -2.00. The van der Waals surface area contributed by atoms with Gasteiger partial charge in [0.2, 0.25) is 0 Å². The summed E-state index contributed by atoms with van der Waals surface area (Å²) in [6.45, 7) is 0. The van der Waals surface area contributed by atoms with Gasteiger partial charge >= 0.3 is 5.97 Å². The van der Waals surface area contributed by atoms with Crippen molar-refractivity contribution in [1.29, 1.82) is 0 Å². The fourth-order valence-corrected chi connectivity index (χ4v) is 1.27. The van der Waals surface area contributed by atoms with Crippen molar-refractivity contribution >= 4 is 28.6 Å². The van der Waals surface area contributed by atoms with E-state index in [9.17, 15) is 13.6 Å². The summed E-state index contributed by atoms with van der Waals surface area (Å²) in [5.74, 6) is -3.42. The van der Waals surface area contributed by atoms with Crippen molar-refractivity contribution < 1.29 is 18.7 Å². The van der Waals surface area contributed by atoms with Gasteiger partial charge in [-0.2, -0.15) is 0 Å². The molecule has 0 radical (unpaired) electrons. The van der Waals surface area contributed by atoms with Crippen LogP contribution in [-0.4, -0.2) is 11.1 Å². The van der Waals surface area contributed by atoms with E-state index in [4.69, 9.17) is 5.11 Å². The zero-order valence-corrected chi connectivity index (χ0v) is 7.80. The second-order valence-electron chi connectivity index (χ2n) is 2.06.